The molecule has 0 amide bonds. The first-order valence-corrected chi connectivity index (χ1v) is 12.9. The first-order chi connectivity index (χ1) is 17.4. The molecule has 5 aromatic rings. The number of nitrogens with zero attached hydrogens (tertiary/aromatic N) is 2. The van der Waals surface area contributed by atoms with Crippen LogP contribution in [-0.4, -0.2) is 21.1 Å². The van der Waals surface area contributed by atoms with Gasteiger partial charge in [0.25, 0.3) is 0 Å². The molecule has 176 valence electrons. The summed E-state index contributed by atoms with van der Waals surface area (Å²) in [6, 6.07) is 23.5. The van der Waals surface area contributed by atoms with Gasteiger partial charge in [-0.3, -0.25) is 14.2 Å². The Morgan fingerprint density at radius 1 is 0.944 bits per heavy atom. The molecule has 6 rings (SSSR count). The number of hydrogen-bond acceptors (Lipinski definition) is 4. The average Bonchev–Trinajstić information content (AvgIpc) is 3.51. The van der Waals surface area contributed by atoms with Gasteiger partial charge in [-0.25, -0.2) is 4.98 Å². The maximum Gasteiger partial charge on any atom is 0.197 e. The van der Waals surface area contributed by atoms with Crippen molar-refractivity contribution < 1.29 is 9.59 Å². The van der Waals surface area contributed by atoms with Crippen LogP contribution in [0.25, 0.3) is 32.7 Å². The molecule has 2 heterocycles. The lowest BCUT2D eigenvalue weighted by atomic mass is 10.0. The molecule has 0 radical (unpaired) electrons. The van der Waals surface area contributed by atoms with E-state index in [1.54, 1.807) is 29.5 Å². The van der Waals surface area contributed by atoms with Crippen LogP contribution in [0.4, 0.5) is 0 Å². The van der Waals surface area contributed by atoms with Crippen LogP contribution in [0.1, 0.15) is 44.5 Å². The van der Waals surface area contributed by atoms with Gasteiger partial charge in [0.15, 0.2) is 17.2 Å². The number of aryl methyl sites for hydroxylation is 2. The van der Waals surface area contributed by atoms with E-state index in [0.29, 0.717) is 22.6 Å². The molecule has 0 atom stereocenters. The predicted molar refractivity (Wildman–Crippen MR) is 147 cm³/mol. The molecular weight excluding hydrogens is 488 g/mol. The van der Waals surface area contributed by atoms with Crippen LogP contribution in [0.5, 0.6) is 0 Å². The monoisotopic (exact) mass is 508 g/mol. The number of carbonyl (C=O) groups excluding carboxylic acids is 2. The number of halogens is 1. The Kier molecular flexibility index (Phi) is 5.47. The van der Waals surface area contributed by atoms with Crippen molar-refractivity contribution in [2.24, 2.45) is 0 Å². The zero-order valence-corrected chi connectivity index (χ0v) is 21.3. The number of aromatic nitrogens is 2. The van der Waals surface area contributed by atoms with Gasteiger partial charge in [-0.15, -0.1) is 11.3 Å². The summed E-state index contributed by atoms with van der Waals surface area (Å²) in [6.45, 7) is 4.04. The Morgan fingerprint density at radius 3 is 2.33 bits per heavy atom. The highest BCUT2D eigenvalue weighted by atomic mass is 35.5. The van der Waals surface area contributed by atoms with Crippen LogP contribution in [0.3, 0.4) is 0 Å². The standard InChI is InChI=1S/C30H21ClN2O2S/c1-3-18-13-22-23(16-25(18)31)28(35)24(27(22)34)14-21-15-26-29(33(21)20-7-5-4-6-8-20)32-30(36-26)19-11-9-17(2)10-12-19/h4-16H,3H2,1-2H3/b24-14-. The van der Waals surface area contributed by atoms with Crippen LogP contribution in [0.15, 0.2) is 78.4 Å². The van der Waals surface area contributed by atoms with Crippen molar-refractivity contribution in [1.29, 1.82) is 0 Å². The largest absolute Gasteiger partial charge is 0.294 e. The average molecular weight is 509 g/mol. The second-order valence-electron chi connectivity index (χ2n) is 8.87. The van der Waals surface area contributed by atoms with Gasteiger partial charge in [0.1, 0.15) is 5.01 Å². The molecule has 1 aliphatic carbocycles. The van der Waals surface area contributed by atoms with Crippen LogP contribution >= 0.6 is 22.9 Å². The first-order valence-electron chi connectivity index (χ1n) is 11.7. The lowest BCUT2D eigenvalue weighted by Crippen LogP contribution is -2.03. The van der Waals surface area contributed by atoms with E-state index in [9.17, 15) is 9.59 Å². The van der Waals surface area contributed by atoms with Gasteiger partial charge in [0.2, 0.25) is 0 Å². The smallest absolute Gasteiger partial charge is 0.197 e. The molecule has 0 saturated carbocycles. The first kappa shape index (κ1) is 22.7. The Bertz CT molecular complexity index is 1710. The lowest BCUT2D eigenvalue weighted by molar-refractivity contribution is 0.0990. The normalized spacial score (nSPS) is 14.2. The molecule has 36 heavy (non-hydrogen) atoms. The third-order valence-corrected chi connectivity index (χ3v) is 7.93. The molecule has 0 unspecified atom stereocenters. The number of thiazole rings is 1. The van der Waals surface area contributed by atoms with Crippen LogP contribution in [0, 0.1) is 6.92 Å². The minimum Gasteiger partial charge on any atom is -0.294 e. The molecule has 4 nitrogen and oxygen atoms in total. The minimum atomic E-state index is -0.294. The van der Waals surface area contributed by atoms with Crippen molar-refractivity contribution in [2.75, 3.05) is 0 Å². The second kappa shape index (κ2) is 8.70. The SMILES string of the molecule is CCc1cc2c(cc1Cl)C(=O)/C(=C\c1cc3sc(-c4ccc(C)cc4)nc3n1-c1ccccc1)C2=O. The van der Waals surface area contributed by atoms with E-state index in [2.05, 4.69) is 31.2 Å². The van der Waals surface area contributed by atoms with Gasteiger partial charge in [-0.05, 0) is 55.3 Å². The molecule has 0 fully saturated rings. The summed E-state index contributed by atoms with van der Waals surface area (Å²) in [5.41, 5.74) is 6.49. The van der Waals surface area contributed by atoms with Crippen molar-refractivity contribution in [3.63, 3.8) is 0 Å². The highest BCUT2D eigenvalue weighted by molar-refractivity contribution is 7.21. The molecule has 0 bridgehead atoms. The van der Waals surface area contributed by atoms with Crippen molar-refractivity contribution >= 4 is 50.9 Å². The zero-order chi connectivity index (χ0) is 25.0. The summed E-state index contributed by atoms with van der Waals surface area (Å²) in [4.78, 5) is 31.5. The highest BCUT2D eigenvalue weighted by Crippen LogP contribution is 2.37. The number of fused-ring (bicyclic) bond motifs is 2. The topological polar surface area (TPSA) is 52.0 Å². The number of benzene rings is 3. The Morgan fingerprint density at radius 2 is 1.64 bits per heavy atom. The summed E-state index contributed by atoms with van der Waals surface area (Å²) in [7, 11) is 0. The Balaban J connectivity index is 1.51. The quantitative estimate of drug-likeness (QED) is 0.184. The van der Waals surface area contributed by atoms with Gasteiger partial charge in [0, 0.05) is 27.4 Å². The number of hydrogen-bond donors (Lipinski definition) is 0. The fraction of sp³-hybridized carbons (Fsp3) is 0.100. The van der Waals surface area contributed by atoms with Gasteiger partial charge >= 0.3 is 0 Å². The zero-order valence-electron chi connectivity index (χ0n) is 19.7. The van der Waals surface area contributed by atoms with E-state index >= 15 is 0 Å². The predicted octanol–water partition coefficient (Wildman–Crippen LogP) is 7.74. The van der Waals surface area contributed by atoms with Gasteiger partial charge in [-0.1, -0.05) is 66.6 Å². The van der Waals surface area contributed by atoms with E-state index in [-0.39, 0.29) is 17.1 Å². The van der Waals surface area contributed by atoms with E-state index in [0.717, 1.165) is 37.9 Å². The van der Waals surface area contributed by atoms with Crippen LogP contribution in [-0.2, 0) is 6.42 Å². The van der Waals surface area contributed by atoms with E-state index in [1.807, 2.05) is 47.9 Å². The molecule has 3 aromatic carbocycles. The van der Waals surface area contributed by atoms with Crippen molar-refractivity contribution in [3.05, 3.63) is 111 Å². The number of allylic oxidation sites excluding steroid dienone is 1. The Hall–Kier alpha value is -3.80. The maximum absolute atomic E-state index is 13.3. The lowest BCUT2D eigenvalue weighted by Gasteiger charge is -2.08. The third kappa shape index (κ3) is 3.63. The number of para-hydroxylation sites is 1. The molecule has 0 saturated heterocycles. The third-order valence-electron chi connectivity index (χ3n) is 6.53. The summed E-state index contributed by atoms with van der Waals surface area (Å²) >= 11 is 7.94. The van der Waals surface area contributed by atoms with E-state index in [4.69, 9.17) is 16.6 Å². The summed E-state index contributed by atoms with van der Waals surface area (Å²) in [5, 5.41) is 1.44. The second-order valence-corrected chi connectivity index (χ2v) is 10.3. The van der Waals surface area contributed by atoms with Crippen molar-refractivity contribution in [3.8, 4) is 16.3 Å². The van der Waals surface area contributed by atoms with E-state index < -0.39 is 0 Å². The maximum atomic E-state index is 13.3. The minimum absolute atomic E-state index is 0.149. The number of carbonyl (C=O) groups is 2. The molecule has 1 aliphatic rings. The summed E-state index contributed by atoms with van der Waals surface area (Å²) in [6.07, 6.45) is 2.38. The number of rotatable bonds is 4. The van der Waals surface area contributed by atoms with Gasteiger partial charge in [0.05, 0.1) is 16.0 Å². The molecule has 6 heteroatoms. The molecule has 0 N–H and O–H groups in total. The van der Waals surface area contributed by atoms with Crippen molar-refractivity contribution in [2.45, 2.75) is 20.3 Å². The molecule has 2 aromatic heterocycles. The van der Waals surface area contributed by atoms with E-state index in [1.165, 1.54) is 5.56 Å². The van der Waals surface area contributed by atoms with Gasteiger partial charge < -0.3 is 0 Å². The van der Waals surface area contributed by atoms with Gasteiger partial charge in [-0.2, -0.15) is 0 Å². The van der Waals surface area contributed by atoms with Crippen LogP contribution in [0.2, 0.25) is 5.02 Å². The highest BCUT2D eigenvalue weighted by Gasteiger charge is 2.34. The van der Waals surface area contributed by atoms with Crippen molar-refractivity contribution in [1.82, 2.24) is 9.55 Å². The number of Topliss-reactive ketones (excluding diaryl/α,β-unsaturated/α-hetero) is 2. The fourth-order valence-electron chi connectivity index (χ4n) is 4.61. The summed E-state index contributed by atoms with van der Waals surface area (Å²) in [5.74, 6) is -0.559. The van der Waals surface area contributed by atoms with Crippen LogP contribution < -0.4 is 0 Å². The number of ketones is 2. The molecular formula is C30H21ClN2O2S. The molecule has 0 spiro atoms. The molecule has 0 aliphatic heterocycles. The Labute approximate surface area is 217 Å². The fourth-order valence-corrected chi connectivity index (χ4v) is 5.91. The summed E-state index contributed by atoms with van der Waals surface area (Å²) < 4.78 is 2.98.